The molecule has 0 aromatic carbocycles. The molecule has 0 aliphatic carbocycles. The van der Waals surface area contributed by atoms with Gasteiger partial charge in [0.05, 0.1) is 25.8 Å². The molecule has 2 aliphatic heterocycles. The van der Waals surface area contributed by atoms with Gasteiger partial charge in [-0.25, -0.2) is 9.78 Å². The Labute approximate surface area is 122 Å². The van der Waals surface area contributed by atoms with Crippen molar-refractivity contribution in [2.75, 3.05) is 39.4 Å². The van der Waals surface area contributed by atoms with Gasteiger partial charge in [0.1, 0.15) is 0 Å². The first-order chi connectivity index (χ1) is 10.2. The first kappa shape index (κ1) is 14.2. The van der Waals surface area contributed by atoms with Gasteiger partial charge in [0.25, 0.3) is 0 Å². The summed E-state index contributed by atoms with van der Waals surface area (Å²) < 4.78 is 5.30. The van der Waals surface area contributed by atoms with E-state index >= 15 is 0 Å². The summed E-state index contributed by atoms with van der Waals surface area (Å²) in [6, 6.07) is 1.75. The molecule has 21 heavy (non-hydrogen) atoms. The van der Waals surface area contributed by atoms with E-state index in [4.69, 9.17) is 4.74 Å². The van der Waals surface area contributed by atoms with Crippen molar-refractivity contribution in [2.45, 2.75) is 18.9 Å². The summed E-state index contributed by atoms with van der Waals surface area (Å²) in [6.07, 6.45) is 3.34. The van der Waals surface area contributed by atoms with Gasteiger partial charge in [-0.3, -0.25) is 9.69 Å². The molecule has 2 saturated heterocycles. The molecule has 0 saturated carbocycles. The zero-order valence-electron chi connectivity index (χ0n) is 12.0. The molecular weight excluding hydrogens is 272 g/mol. The molecule has 7 nitrogen and oxygen atoms in total. The summed E-state index contributed by atoms with van der Waals surface area (Å²) in [5.74, 6) is 0.122. The number of H-pyrrole nitrogens is 1. The number of morpholine rings is 1. The Hall–Kier alpha value is -1.73. The maximum Gasteiger partial charge on any atom is 0.345 e. The molecule has 2 fully saturated rings. The number of hydrogen-bond donors (Lipinski definition) is 1. The Morgan fingerprint density at radius 1 is 1.38 bits per heavy atom. The van der Waals surface area contributed by atoms with Crippen LogP contribution in [0.15, 0.2) is 17.1 Å². The van der Waals surface area contributed by atoms with Crippen LogP contribution in [-0.4, -0.2) is 65.1 Å². The summed E-state index contributed by atoms with van der Waals surface area (Å²) >= 11 is 0. The van der Waals surface area contributed by atoms with Crippen molar-refractivity contribution in [3.63, 3.8) is 0 Å². The van der Waals surface area contributed by atoms with Gasteiger partial charge in [0, 0.05) is 31.5 Å². The highest BCUT2D eigenvalue weighted by atomic mass is 16.5. The molecule has 0 unspecified atom stereocenters. The Kier molecular flexibility index (Phi) is 4.31. The van der Waals surface area contributed by atoms with Crippen LogP contribution in [0.3, 0.4) is 0 Å². The number of carbonyl (C=O) groups excluding carboxylic acids is 1. The third kappa shape index (κ3) is 3.30. The predicted molar refractivity (Wildman–Crippen MR) is 75.8 cm³/mol. The number of ether oxygens (including phenoxy) is 1. The number of rotatable bonds is 3. The fraction of sp³-hybridized carbons (Fsp3) is 0.643. The molecule has 1 aromatic rings. The van der Waals surface area contributed by atoms with Gasteiger partial charge in [-0.1, -0.05) is 0 Å². The first-order valence-corrected chi connectivity index (χ1v) is 7.39. The smallest absolute Gasteiger partial charge is 0.345 e. The minimum Gasteiger partial charge on any atom is -0.379 e. The van der Waals surface area contributed by atoms with Gasteiger partial charge in [0.15, 0.2) is 0 Å². The SMILES string of the molecule is O=C(CN1CCOCC1)N1CCC[C@H]1c1ccnc(=O)[nH]1. The highest BCUT2D eigenvalue weighted by Crippen LogP contribution is 2.30. The lowest BCUT2D eigenvalue weighted by molar-refractivity contribution is -0.134. The molecule has 114 valence electrons. The summed E-state index contributed by atoms with van der Waals surface area (Å²) in [5, 5.41) is 0. The molecule has 3 heterocycles. The van der Waals surface area contributed by atoms with Crippen molar-refractivity contribution in [2.24, 2.45) is 0 Å². The number of aromatic amines is 1. The van der Waals surface area contributed by atoms with Crippen LogP contribution in [0.4, 0.5) is 0 Å². The van der Waals surface area contributed by atoms with Crippen molar-refractivity contribution in [1.82, 2.24) is 19.8 Å². The second kappa shape index (κ2) is 6.36. The molecule has 0 spiro atoms. The van der Waals surface area contributed by atoms with E-state index in [-0.39, 0.29) is 17.6 Å². The normalized spacial score (nSPS) is 23.4. The molecule has 1 amide bonds. The Morgan fingerprint density at radius 2 is 2.19 bits per heavy atom. The topological polar surface area (TPSA) is 78.5 Å². The van der Waals surface area contributed by atoms with E-state index in [1.54, 1.807) is 6.07 Å². The molecule has 3 rings (SSSR count). The Morgan fingerprint density at radius 3 is 2.95 bits per heavy atom. The van der Waals surface area contributed by atoms with E-state index in [1.165, 1.54) is 6.20 Å². The lowest BCUT2D eigenvalue weighted by atomic mass is 10.1. The van der Waals surface area contributed by atoms with Crippen LogP contribution < -0.4 is 5.69 Å². The fourth-order valence-corrected chi connectivity index (χ4v) is 3.01. The summed E-state index contributed by atoms with van der Waals surface area (Å²) in [5.41, 5.74) is 0.419. The standard InChI is InChI=1S/C14H20N4O3/c19-13(10-17-6-8-21-9-7-17)18-5-1-2-12(18)11-3-4-15-14(20)16-11/h3-4,12H,1-2,5-10H2,(H,15,16,20)/t12-/m0/s1. The molecule has 7 heteroatoms. The minimum absolute atomic E-state index is 0.0331. The van der Waals surface area contributed by atoms with Gasteiger partial charge in [-0.05, 0) is 18.9 Å². The number of likely N-dealkylation sites (tertiary alicyclic amines) is 1. The minimum atomic E-state index is -0.361. The van der Waals surface area contributed by atoms with Crippen LogP contribution in [0.25, 0.3) is 0 Å². The molecular formula is C14H20N4O3. The highest BCUT2D eigenvalue weighted by molar-refractivity contribution is 5.79. The molecule has 2 aliphatic rings. The molecule has 1 atom stereocenters. The Bertz CT molecular complexity index is 553. The molecule has 0 radical (unpaired) electrons. The van der Waals surface area contributed by atoms with Gasteiger partial charge >= 0.3 is 5.69 Å². The van der Waals surface area contributed by atoms with Crippen molar-refractivity contribution >= 4 is 5.91 Å². The lowest BCUT2D eigenvalue weighted by Crippen LogP contribution is -2.44. The fourth-order valence-electron chi connectivity index (χ4n) is 3.01. The second-order valence-corrected chi connectivity index (χ2v) is 5.46. The quantitative estimate of drug-likeness (QED) is 0.832. The van der Waals surface area contributed by atoms with Gasteiger partial charge in [0.2, 0.25) is 5.91 Å². The third-order valence-corrected chi connectivity index (χ3v) is 4.09. The number of nitrogens with one attached hydrogen (secondary N) is 1. The average molecular weight is 292 g/mol. The number of hydrogen-bond acceptors (Lipinski definition) is 5. The van der Waals surface area contributed by atoms with Crippen LogP contribution in [0.2, 0.25) is 0 Å². The van der Waals surface area contributed by atoms with Gasteiger partial charge < -0.3 is 14.6 Å². The second-order valence-electron chi connectivity index (χ2n) is 5.46. The number of aromatic nitrogens is 2. The van der Waals surface area contributed by atoms with Gasteiger partial charge in [-0.2, -0.15) is 0 Å². The number of carbonyl (C=O) groups is 1. The van der Waals surface area contributed by atoms with E-state index in [0.717, 1.165) is 38.2 Å². The van der Waals surface area contributed by atoms with Crippen LogP contribution in [0.1, 0.15) is 24.6 Å². The summed E-state index contributed by atoms with van der Waals surface area (Å²) in [6.45, 7) is 4.16. The Balaban J connectivity index is 1.68. The largest absolute Gasteiger partial charge is 0.379 e. The van der Waals surface area contributed by atoms with E-state index < -0.39 is 0 Å². The van der Waals surface area contributed by atoms with Crippen molar-refractivity contribution < 1.29 is 9.53 Å². The monoisotopic (exact) mass is 292 g/mol. The average Bonchev–Trinajstić information content (AvgIpc) is 2.98. The van der Waals surface area contributed by atoms with Crippen LogP contribution in [0.5, 0.6) is 0 Å². The molecule has 0 bridgehead atoms. The van der Waals surface area contributed by atoms with E-state index in [1.807, 2.05) is 4.90 Å². The van der Waals surface area contributed by atoms with Crippen LogP contribution >= 0.6 is 0 Å². The van der Waals surface area contributed by atoms with E-state index in [2.05, 4.69) is 14.9 Å². The summed E-state index contributed by atoms with van der Waals surface area (Å²) in [4.78, 5) is 34.2. The molecule has 1 aromatic heterocycles. The van der Waals surface area contributed by atoms with Gasteiger partial charge in [-0.15, -0.1) is 0 Å². The first-order valence-electron chi connectivity index (χ1n) is 7.39. The lowest BCUT2D eigenvalue weighted by Gasteiger charge is -2.30. The van der Waals surface area contributed by atoms with E-state index in [0.29, 0.717) is 19.8 Å². The summed E-state index contributed by atoms with van der Waals surface area (Å²) in [7, 11) is 0. The zero-order valence-corrected chi connectivity index (χ0v) is 12.0. The van der Waals surface area contributed by atoms with E-state index in [9.17, 15) is 9.59 Å². The maximum atomic E-state index is 12.5. The highest BCUT2D eigenvalue weighted by Gasteiger charge is 2.31. The van der Waals surface area contributed by atoms with Crippen molar-refractivity contribution in [1.29, 1.82) is 0 Å². The predicted octanol–water partition coefficient (Wildman–Crippen LogP) is -0.234. The van der Waals surface area contributed by atoms with Crippen molar-refractivity contribution in [3.05, 3.63) is 28.4 Å². The third-order valence-electron chi connectivity index (χ3n) is 4.09. The molecule has 1 N–H and O–H groups in total. The number of amides is 1. The maximum absolute atomic E-state index is 12.5. The van der Waals surface area contributed by atoms with Crippen molar-refractivity contribution in [3.8, 4) is 0 Å². The number of nitrogens with zero attached hydrogens (tertiary/aromatic N) is 3. The van der Waals surface area contributed by atoms with Crippen LogP contribution in [-0.2, 0) is 9.53 Å². The zero-order chi connectivity index (χ0) is 14.7. The van der Waals surface area contributed by atoms with Crippen LogP contribution in [0, 0.1) is 0 Å².